The van der Waals surface area contributed by atoms with Crippen LogP contribution >= 0.6 is 23.2 Å². The number of hydrogen-bond donors (Lipinski definition) is 2. The van der Waals surface area contributed by atoms with E-state index in [-0.39, 0.29) is 39.9 Å². The minimum atomic E-state index is -1.28. The van der Waals surface area contributed by atoms with Crippen molar-refractivity contribution in [2.75, 3.05) is 5.06 Å². The maximum absolute atomic E-state index is 12.6. The van der Waals surface area contributed by atoms with Crippen LogP contribution in [0.1, 0.15) is 29.3 Å². The van der Waals surface area contributed by atoms with Crippen LogP contribution in [-0.2, 0) is 20.8 Å². The monoisotopic (exact) mass is 411 g/mol. The highest BCUT2D eigenvalue weighted by Crippen LogP contribution is 2.32. The van der Waals surface area contributed by atoms with E-state index in [4.69, 9.17) is 28.0 Å². The van der Waals surface area contributed by atoms with Crippen molar-refractivity contribution in [3.63, 3.8) is 0 Å². The van der Waals surface area contributed by atoms with E-state index < -0.39 is 17.8 Å². The molecule has 0 aliphatic heterocycles. The van der Waals surface area contributed by atoms with Gasteiger partial charge in [-0.25, -0.2) is 9.59 Å². The van der Waals surface area contributed by atoms with Gasteiger partial charge in [0.25, 0.3) is 5.91 Å². The number of amides is 1. The summed E-state index contributed by atoms with van der Waals surface area (Å²) < 4.78 is 0. The van der Waals surface area contributed by atoms with Crippen LogP contribution in [0, 0.1) is 0 Å². The van der Waals surface area contributed by atoms with Crippen LogP contribution in [0.25, 0.3) is 0 Å². The van der Waals surface area contributed by atoms with Gasteiger partial charge in [0, 0.05) is 18.4 Å². The smallest absolute Gasteiger partial charge is 0.337 e. The lowest BCUT2D eigenvalue weighted by molar-refractivity contribution is -0.148. The van der Waals surface area contributed by atoms with Crippen molar-refractivity contribution >= 4 is 46.7 Å². The molecule has 0 bridgehead atoms. The summed E-state index contributed by atoms with van der Waals surface area (Å²) >= 11 is 11.7. The number of rotatable bonds is 5. The summed E-state index contributed by atoms with van der Waals surface area (Å²) in [4.78, 5) is 40.3. The van der Waals surface area contributed by atoms with E-state index in [1.807, 2.05) is 0 Å². The molecule has 0 aromatic heterocycles. The van der Waals surface area contributed by atoms with Gasteiger partial charge in [0.15, 0.2) is 0 Å². The van der Waals surface area contributed by atoms with Crippen molar-refractivity contribution in [1.82, 2.24) is 0 Å². The summed E-state index contributed by atoms with van der Waals surface area (Å²) in [5, 5.41) is 20.2. The lowest BCUT2D eigenvalue weighted by Gasteiger charge is -2.22. The number of phenols is 1. The number of aromatic carboxylic acids is 1. The SMILES string of the molecule is CC(=O)ON(C(=O)CCc1cc(Cl)cc(Cl)c1O)c1ccccc1C(=O)O. The minimum absolute atomic E-state index is 0.0396. The van der Waals surface area contributed by atoms with Crippen LogP contribution < -0.4 is 5.06 Å². The van der Waals surface area contributed by atoms with E-state index in [1.165, 1.54) is 36.4 Å². The molecule has 0 spiro atoms. The van der Waals surface area contributed by atoms with E-state index in [0.29, 0.717) is 10.6 Å². The number of carboxylic acid groups (broad SMARTS) is 1. The molecule has 0 saturated carbocycles. The van der Waals surface area contributed by atoms with Gasteiger partial charge in [-0.3, -0.25) is 4.79 Å². The van der Waals surface area contributed by atoms with Gasteiger partial charge >= 0.3 is 11.9 Å². The summed E-state index contributed by atoms with van der Waals surface area (Å²) in [5.74, 6) is -2.97. The Morgan fingerprint density at radius 3 is 2.44 bits per heavy atom. The van der Waals surface area contributed by atoms with Crippen molar-refractivity contribution in [2.24, 2.45) is 0 Å². The number of aromatic hydroxyl groups is 1. The number of para-hydroxylation sites is 1. The van der Waals surface area contributed by atoms with Crippen LogP contribution in [0.15, 0.2) is 36.4 Å². The van der Waals surface area contributed by atoms with Gasteiger partial charge < -0.3 is 15.1 Å². The molecule has 0 saturated heterocycles. The van der Waals surface area contributed by atoms with Crippen molar-refractivity contribution in [3.8, 4) is 5.75 Å². The quantitative estimate of drug-likeness (QED) is 0.724. The predicted molar refractivity (Wildman–Crippen MR) is 99.1 cm³/mol. The number of halogens is 2. The molecule has 142 valence electrons. The first kappa shape index (κ1) is 20.5. The third kappa shape index (κ3) is 5.12. The third-order valence-corrected chi connectivity index (χ3v) is 4.02. The van der Waals surface area contributed by atoms with Crippen LogP contribution in [0.4, 0.5) is 5.69 Å². The van der Waals surface area contributed by atoms with Gasteiger partial charge in [-0.15, -0.1) is 5.06 Å². The standard InChI is InChI=1S/C18H15Cl2NO6/c1-10(22)27-21(15-5-3-2-4-13(15)18(25)26)16(23)7-6-11-8-12(19)9-14(20)17(11)24/h2-5,8-9,24H,6-7H2,1H3,(H,25,26). The Hall–Kier alpha value is -2.77. The number of carboxylic acids is 1. The molecule has 2 rings (SSSR count). The van der Waals surface area contributed by atoms with Crippen molar-refractivity contribution in [1.29, 1.82) is 0 Å². The molecule has 2 aromatic carbocycles. The fraction of sp³-hybridized carbons (Fsp3) is 0.167. The molecule has 7 nitrogen and oxygen atoms in total. The minimum Gasteiger partial charge on any atom is -0.506 e. The zero-order valence-corrected chi connectivity index (χ0v) is 15.6. The molecule has 0 radical (unpaired) electrons. The Balaban J connectivity index is 2.29. The molecule has 0 aliphatic rings. The van der Waals surface area contributed by atoms with Gasteiger partial charge in [0.05, 0.1) is 16.3 Å². The number of aryl methyl sites for hydroxylation is 1. The second-order valence-electron chi connectivity index (χ2n) is 5.49. The molecular formula is C18H15Cl2NO6. The van der Waals surface area contributed by atoms with E-state index in [2.05, 4.69) is 0 Å². The highest BCUT2D eigenvalue weighted by Gasteiger charge is 2.25. The molecule has 27 heavy (non-hydrogen) atoms. The average Bonchev–Trinajstić information content (AvgIpc) is 2.61. The maximum Gasteiger partial charge on any atom is 0.337 e. The lowest BCUT2D eigenvalue weighted by atomic mass is 10.1. The van der Waals surface area contributed by atoms with Gasteiger partial charge in [-0.05, 0) is 36.2 Å². The third-order valence-electron chi connectivity index (χ3n) is 3.51. The van der Waals surface area contributed by atoms with Crippen LogP contribution in [0.3, 0.4) is 0 Å². The van der Waals surface area contributed by atoms with Crippen LogP contribution in [0.5, 0.6) is 5.75 Å². The number of benzene rings is 2. The number of carbonyl (C=O) groups excluding carboxylic acids is 2. The number of nitrogens with zero attached hydrogens (tertiary/aromatic N) is 1. The fourth-order valence-electron chi connectivity index (χ4n) is 2.35. The maximum atomic E-state index is 12.6. The molecular weight excluding hydrogens is 397 g/mol. The first-order valence-corrected chi connectivity index (χ1v) is 8.47. The Morgan fingerprint density at radius 1 is 1.15 bits per heavy atom. The summed E-state index contributed by atoms with van der Waals surface area (Å²) in [6, 6.07) is 8.43. The molecule has 0 aliphatic carbocycles. The molecule has 9 heteroatoms. The van der Waals surface area contributed by atoms with Crippen molar-refractivity contribution < 1.29 is 29.4 Å². The Labute approximate surface area is 164 Å². The molecule has 0 heterocycles. The zero-order chi connectivity index (χ0) is 20.1. The Bertz CT molecular complexity index is 899. The number of hydrogen-bond acceptors (Lipinski definition) is 5. The fourth-order valence-corrected chi connectivity index (χ4v) is 2.88. The number of anilines is 1. The van der Waals surface area contributed by atoms with Crippen molar-refractivity contribution in [2.45, 2.75) is 19.8 Å². The molecule has 0 unspecified atom stereocenters. The normalized spacial score (nSPS) is 10.3. The van der Waals surface area contributed by atoms with Gasteiger partial charge in [0.2, 0.25) is 0 Å². The first-order valence-electron chi connectivity index (χ1n) is 7.71. The number of phenolic OH excluding ortho intramolecular Hbond substituents is 1. The molecule has 0 atom stereocenters. The van der Waals surface area contributed by atoms with E-state index in [9.17, 15) is 24.6 Å². The topological polar surface area (TPSA) is 104 Å². The van der Waals surface area contributed by atoms with Crippen LogP contribution in [-0.4, -0.2) is 28.1 Å². The van der Waals surface area contributed by atoms with E-state index >= 15 is 0 Å². The molecule has 0 fully saturated rings. The number of hydroxylamine groups is 1. The highest BCUT2D eigenvalue weighted by molar-refractivity contribution is 6.35. The summed E-state index contributed by atoms with van der Waals surface area (Å²) in [6.45, 7) is 1.09. The largest absolute Gasteiger partial charge is 0.506 e. The first-order chi connectivity index (χ1) is 12.7. The number of carbonyl (C=O) groups is 3. The predicted octanol–water partition coefficient (Wildman–Crippen LogP) is 3.84. The van der Waals surface area contributed by atoms with Crippen molar-refractivity contribution in [3.05, 3.63) is 57.6 Å². The van der Waals surface area contributed by atoms with Crippen LogP contribution in [0.2, 0.25) is 10.0 Å². The summed E-state index contributed by atoms with van der Waals surface area (Å²) in [5.41, 5.74) is 0.0365. The molecule has 2 aromatic rings. The second kappa shape index (κ2) is 8.75. The average molecular weight is 412 g/mol. The summed E-state index contributed by atoms with van der Waals surface area (Å²) in [7, 11) is 0. The molecule has 2 N–H and O–H groups in total. The lowest BCUT2D eigenvalue weighted by Crippen LogP contribution is -2.34. The van der Waals surface area contributed by atoms with E-state index in [1.54, 1.807) is 0 Å². The summed E-state index contributed by atoms with van der Waals surface area (Å²) in [6.07, 6.45) is -0.163. The van der Waals surface area contributed by atoms with Gasteiger partial charge in [0.1, 0.15) is 5.75 Å². The Morgan fingerprint density at radius 2 is 1.81 bits per heavy atom. The Kier molecular flexibility index (Phi) is 6.65. The second-order valence-corrected chi connectivity index (χ2v) is 6.33. The zero-order valence-electron chi connectivity index (χ0n) is 14.1. The van der Waals surface area contributed by atoms with Gasteiger partial charge in [-0.1, -0.05) is 35.3 Å². The van der Waals surface area contributed by atoms with E-state index in [0.717, 1.165) is 6.92 Å². The molecule has 1 amide bonds. The van der Waals surface area contributed by atoms with Gasteiger partial charge in [-0.2, -0.15) is 0 Å². The highest BCUT2D eigenvalue weighted by atomic mass is 35.5.